The highest BCUT2D eigenvalue weighted by molar-refractivity contribution is 7.13. The first kappa shape index (κ1) is 19.2. The average Bonchev–Trinajstić information content (AvgIpc) is 3.35. The van der Waals surface area contributed by atoms with Crippen molar-refractivity contribution in [3.05, 3.63) is 70.4 Å². The summed E-state index contributed by atoms with van der Waals surface area (Å²) in [6, 6.07) is 11.9. The summed E-state index contributed by atoms with van der Waals surface area (Å²) in [5.74, 6) is 0.849. The highest BCUT2D eigenvalue weighted by Gasteiger charge is 2.18. The fraction of sp³-hybridized carbons (Fsp3) is 0.217. The molecule has 0 aliphatic carbocycles. The summed E-state index contributed by atoms with van der Waals surface area (Å²) in [6.45, 7) is 6.56. The molecule has 2 aromatic carbocycles. The molecule has 2 heterocycles. The maximum absolute atomic E-state index is 10.8. The van der Waals surface area contributed by atoms with Crippen LogP contribution in [-0.4, -0.2) is 20.3 Å². The second-order valence-electron chi connectivity index (χ2n) is 7.06. The molecular weight excluding hydrogens is 382 g/mol. The Labute approximate surface area is 174 Å². The molecule has 148 valence electrons. The van der Waals surface area contributed by atoms with E-state index in [0.29, 0.717) is 17.9 Å². The van der Waals surface area contributed by atoms with Crippen LogP contribution in [0.1, 0.15) is 29.3 Å². The van der Waals surface area contributed by atoms with Gasteiger partial charge in [0.05, 0.1) is 17.5 Å². The largest absolute Gasteiger partial charge is 0.507 e. The number of H-pyrrole nitrogens is 1. The lowest BCUT2D eigenvalue weighted by Crippen LogP contribution is -1.99. The Kier molecular flexibility index (Phi) is 5.36. The number of aromatic amines is 1. The van der Waals surface area contributed by atoms with Gasteiger partial charge in [0, 0.05) is 22.7 Å². The lowest BCUT2D eigenvalue weighted by Gasteiger charge is -2.14. The van der Waals surface area contributed by atoms with Gasteiger partial charge in [-0.05, 0) is 37.5 Å². The fourth-order valence-electron chi connectivity index (χ4n) is 3.32. The third kappa shape index (κ3) is 4.03. The van der Waals surface area contributed by atoms with Crippen molar-refractivity contribution in [2.75, 3.05) is 0 Å². The van der Waals surface area contributed by atoms with E-state index in [1.807, 2.05) is 30.5 Å². The standard InChI is InChI=1S/C23H23N3O2S/c1-4-17-9-18(22-19(11-24-26-22)23-25-15(3)13-29-23)20(27)10-21(17)28-12-16-7-5-6-14(2)8-16/h5-11,13,27H,4,12H2,1-3H3,(H,24,26). The average molecular weight is 406 g/mol. The molecule has 0 bridgehead atoms. The molecule has 4 rings (SSSR count). The Balaban J connectivity index is 1.66. The van der Waals surface area contributed by atoms with Gasteiger partial charge in [0.2, 0.25) is 0 Å². The molecule has 0 unspecified atom stereocenters. The zero-order valence-corrected chi connectivity index (χ0v) is 17.5. The number of rotatable bonds is 6. The Hall–Kier alpha value is -3.12. The zero-order valence-electron chi connectivity index (χ0n) is 16.7. The van der Waals surface area contributed by atoms with E-state index in [-0.39, 0.29) is 5.75 Å². The topological polar surface area (TPSA) is 71.0 Å². The molecule has 0 fully saturated rings. The summed E-state index contributed by atoms with van der Waals surface area (Å²) in [5.41, 5.74) is 6.64. The summed E-state index contributed by atoms with van der Waals surface area (Å²) < 4.78 is 6.04. The number of aromatic nitrogens is 3. The maximum Gasteiger partial charge on any atom is 0.128 e. The van der Waals surface area contributed by atoms with Crippen LogP contribution in [0.2, 0.25) is 0 Å². The van der Waals surface area contributed by atoms with Crippen LogP contribution in [0, 0.1) is 13.8 Å². The van der Waals surface area contributed by atoms with Gasteiger partial charge in [-0.25, -0.2) is 4.98 Å². The first-order valence-corrected chi connectivity index (χ1v) is 10.4. The summed E-state index contributed by atoms with van der Waals surface area (Å²) in [5, 5.41) is 20.8. The van der Waals surface area contributed by atoms with Gasteiger partial charge >= 0.3 is 0 Å². The Morgan fingerprint density at radius 1 is 1.14 bits per heavy atom. The summed E-state index contributed by atoms with van der Waals surface area (Å²) in [7, 11) is 0. The number of phenols is 1. The molecule has 0 saturated carbocycles. The van der Waals surface area contributed by atoms with Crippen LogP contribution in [0.25, 0.3) is 21.8 Å². The fourth-order valence-corrected chi connectivity index (χ4v) is 4.13. The Bertz CT molecular complexity index is 1150. The molecule has 0 amide bonds. The molecule has 0 spiro atoms. The number of nitrogens with zero attached hydrogens (tertiary/aromatic N) is 2. The molecule has 29 heavy (non-hydrogen) atoms. The van der Waals surface area contributed by atoms with E-state index < -0.39 is 0 Å². The highest BCUT2D eigenvalue weighted by atomic mass is 32.1. The van der Waals surface area contributed by atoms with Crippen LogP contribution in [-0.2, 0) is 13.0 Å². The van der Waals surface area contributed by atoms with Crippen molar-refractivity contribution in [2.24, 2.45) is 0 Å². The minimum absolute atomic E-state index is 0.153. The molecule has 5 nitrogen and oxygen atoms in total. The van der Waals surface area contributed by atoms with Crippen molar-refractivity contribution in [1.29, 1.82) is 0 Å². The first-order chi connectivity index (χ1) is 14.0. The van der Waals surface area contributed by atoms with Gasteiger partial charge in [-0.15, -0.1) is 11.3 Å². The molecule has 0 saturated heterocycles. The van der Waals surface area contributed by atoms with E-state index in [2.05, 4.69) is 41.2 Å². The van der Waals surface area contributed by atoms with E-state index >= 15 is 0 Å². The Morgan fingerprint density at radius 3 is 2.72 bits per heavy atom. The van der Waals surface area contributed by atoms with Crippen molar-refractivity contribution in [3.8, 4) is 33.3 Å². The van der Waals surface area contributed by atoms with Crippen LogP contribution >= 0.6 is 11.3 Å². The second kappa shape index (κ2) is 8.09. The van der Waals surface area contributed by atoms with Gasteiger partial charge in [0.15, 0.2) is 0 Å². The number of benzene rings is 2. The minimum atomic E-state index is 0.153. The SMILES string of the molecule is CCc1cc(-c2[nH]ncc2-c2nc(C)cs2)c(O)cc1OCc1cccc(C)c1. The van der Waals surface area contributed by atoms with Crippen molar-refractivity contribution in [3.63, 3.8) is 0 Å². The van der Waals surface area contributed by atoms with Crippen LogP contribution in [0.3, 0.4) is 0 Å². The predicted molar refractivity (Wildman–Crippen MR) is 116 cm³/mol. The van der Waals surface area contributed by atoms with Gasteiger partial charge in [0.1, 0.15) is 23.1 Å². The van der Waals surface area contributed by atoms with Crippen molar-refractivity contribution in [2.45, 2.75) is 33.8 Å². The third-order valence-electron chi connectivity index (χ3n) is 4.79. The number of hydrogen-bond donors (Lipinski definition) is 2. The third-order valence-corrected chi connectivity index (χ3v) is 5.79. The van der Waals surface area contributed by atoms with E-state index in [9.17, 15) is 5.11 Å². The van der Waals surface area contributed by atoms with E-state index in [1.54, 1.807) is 23.6 Å². The molecule has 0 aliphatic heterocycles. The molecule has 0 radical (unpaired) electrons. The predicted octanol–water partition coefficient (Wildman–Crippen LogP) is 5.66. The number of hydrogen-bond acceptors (Lipinski definition) is 5. The zero-order chi connectivity index (χ0) is 20.4. The molecule has 4 aromatic rings. The number of phenolic OH excluding ortho intramolecular Hbond substituents is 1. The minimum Gasteiger partial charge on any atom is -0.507 e. The number of aryl methyl sites for hydroxylation is 3. The summed E-state index contributed by atoms with van der Waals surface area (Å²) in [4.78, 5) is 4.55. The summed E-state index contributed by atoms with van der Waals surface area (Å²) in [6.07, 6.45) is 2.54. The Morgan fingerprint density at radius 2 is 2.00 bits per heavy atom. The van der Waals surface area contributed by atoms with Crippen LogP contribution in [0.4, 0.5) is 0 Å². The quantitative estimate of drug-likeness (QED) is 0.434. The van der Waals surface area contributed by atoms with Crippen LogP contribution in [0.15, 0.2) is 48.0 Å². The smallest absolute Gasteiger partial charge is 0.128 e. The van der Waals surface area contributed by atoms with Crippen molar-refractivity contribution in [1.82, 2.24) is 15.2 Å². The summed E-state index contributed by atoms with van der Waals surface area (Å²) >= 11 is 1.56. The lowest BCUT2D eigenvalue weighted by atomic mass is 10.0. The molecule has 2 aromatic heterocycles. The molecular formula is C23H23N3O2S. The number of thiazole rings is 1. The van der Waals surface area contributed by atoms with Crippen LogP contribution in [0.5, 0.6) is 11.5 Å². The number of nitrogens with one attached hydrogen (secondary N) is 1. The van der Waals surface area contributed by atoms with E-state index in [4.69, 9.17) is 4.74 Å². The maximum atomic E-state index is 10.8. The lowest BCUT2D eigenvalue weighted by molar-refractivity contribution is 0.301. The molecule has 0 aliphatic rings. The highest BCUT2D eigenvalue weighted by Crippen LogP contribution is 2.40. The molecule has 6 heteroatoms. The van der Waals surface area contributed by atoms with Gasteiger partial charge in [-0.3, -0.25) is 5.10 Å². The number of aromatic hydroxyl groups is 1. The van der Waals surface area contributed by atoms with Crippen LogP contribution < -0.4 is 4.74 Å². The number of ether oxygens (including phenoxy) is 1. The van der Waals surface area contributed by atoms with Crippen molar-refractivity contribution < 1.29 is 9.84 Å². The van der Waals surface area contributed by atoms with Gasteiger partial charge < -0.3 is 9.84 Å². The normalized spacial score (nSPS) is 11.0. The first-order valence-electron chi connectivity index (χ1n) is 9.55. The monoisotopic (exact) mass is 405 g/mol. The molecule has 2 N–H and O–H groups in total. The van der Waals surface area contributed by atoms with Gasteiger partial charge in [-0.2, -0.15) is 5.10 Å². The van der Waals surface area contributed by atoms with E-state index in [0.717, 1.165) is 39.5 Å². The van der Waals surface area contributed by atoms with Gasteiger partial charge in [0.25, 0.3) is 0 Å². The van der Waals surface area contributed by atoms with E-state index in [1.165, 1.54) is 5.56 Å². The second-order valence-corrected chi connectivity index (χ2v) is 7.92. The molecule has 0 atom stereocenters. The van der Waals surface area contributed by atoms with Crippen molar-refractivity contribution >= 4 is 11.3 Å². The van der Waals surface area contributed by atoms with Gasteiger partial charge in [-0.1, -0.05) is 36.8 Å².